The SMILES string of the molecule is CN(C)Cc1c(O)c(I)cc2c1CCC2. The van der Waals surface area contributed by atoms with Gasteiger partial charge in [-0.05, 0) is 73.1 Å². The molecule has 3 heteroatoms. The summed E-state index contributed by atoms with van der Waals surface area (Å²) in [4.78, 5) is 2.11. The topological polar surface area (TPSA) is 23.5 Å². The van der Waals surface area contributed by atoms with Crippen LogP contribution < -0.4 is 0 Å². The molecule has 0 atom stereocenters. The van der Waals surface area contributed by atoms with E-state index in [2.05, 4.69) is 33.6 Å². The van der Waals surface area contributed by atoms with Crippen molar-refractivity contribution in [3.63, 3.8) is 0 Å². The molecule has 82 valence electrons. The van der Waals surface area contributed by atoms with Crippen molar-refractivity contribution in [1.82, 2.24) is 4.90 Å². The van der Waals surface area contributed by atoms with Gasteiger partial charge in [0.1, 0.15) is 5.75 Å². The van der Waals surface area contributed by atoms with Gasteiger partial charge < -0.3 is 10.0 Å². The zero-order valence-corrected chi connectivity index (χ0v) is 11.3. The average Bonchev–Trinajstić information content (AvgIpc) is 2.59. The number of rotatable bonds is 2. The zero-order chi connectivity index (χ0) is 11.0. The van der Waals surface area contributed by atoms with Crippen molar-refractivity contribution in [1.29, 1.82) is 0 Å². The number of hydrogen-bond donors (Lipinski definition) is 1. The van der Waals surface area contributed by atoms with Crippen molar-refractivity contribution in [2.45, 2.75) is 25.8 Å². The van der Waals surface area contributed by atoms with Crippen molar-refractivity contribution in [3.8, 4) is 5.75 Å². The van der Waals surface area contributed by atoms with Gasteiger partial charge in [-0.25, -0.2) is 0 Å². The first-order chi connectivity index (χ1) is 7.09. The lowest BCUT2D eigenvalue weighted by atomic mass is 10.0. The predicted molar refractivity (Wildman–Crippen MR) is 70.2 cm³/mol. The minimum absolute atomic E-state index is 0.491. The molecular weight excluding hydrogens is 301 g/mol. The highest BCUT2D eigenvalue weighted by Crippen LogP contribution is 2.35. The largest absolute Gasteiger partial charge is 0.506 e. The molecule has 0 unspecified atom stereocenters. The minimum atomic E-state index is 0.491. The molecule has 0 saturated heterocycles. The normalized spacial score (nSPS) is 14.7. The van der Waals surface area contributed by atoms with Gasteiger partial charge in [0.25, 0.3) is 0 Å². The quantitative estimate of drug-likeness (QED) is 0.848. The number of aryl methyl sites for hydroxylation is 1. The minimum Gasteiger partial charge on any atom is -0.506 e. The second-order valence-electron chi connectivity index (χ2n) is 4.41. The third kappa shape index (κ3) is 2.13. The average molecular weight is 317 g/mol. The second kappa shape index (κ2) is 4.29. The molecule has 1 aromatic rings. The van der Waals surface area contributed by atoms with Crippen LogP contribution in [-0.4, -0.2) is 24.1 Å². The van der Waals surface area contributed by atoms with Crippen LogP contribution in [0.4, 0.5) is 0 Å². The van der Waals surface area contributed by atoms with Crippen molar-refractivity contribution < 1.29 is 5.11 Å². The molecule has 15 heavy (non-hydrogen) atoms. The molecule has 2 nitrogen and oxygen atoms in total. The van der Waals surface area contributed by atoms with E-state index in [9.17, 15) is 5.11 Å². The van der Waals surface area contributed by atoms with Crippen LogP contribution >= 0.6 is 22.6 Å². The summed E-state index contributed by atoms with van der Waals surface area (Å²) in [6.45, 7) is 0.838. The van der Waals surface area contributed by atoms with Gasteiger partial charge in [0.2, 0.25) is 0 Å². The van der Waals surface area contributed by atoms with E-state index in [4.69, 9.17) is 0 Å². The second-order valence-corrected chi connectivity index (χ2v) is 5.58. The highest BCUT2D eigenvalue weighted by atomic mass is 127. The molecule has 0 amide bonds. The van der Waals surface area contributed by atoms with Crippen LogP contribution in [0.25, 0.3) is 0 Å². The van der Waals surface area contributed by atoms with Crippen LogP contribution in [-0.2, 0) is 19.4 Å². The van der Waals surface area contributed by atoms with Gasteiger partial charge in [-0.1, -0.05) is 0 Å². The smallest absolute Gasteiger partial charge is 0.133 e. The van der Waals surface area contributed by atoms with E-state index >= 15 is 0 Å². The lowest BCUT2D eigenvalue weighted by Crippen LogP contribution is -2.13. The van der Waals surface area contributed by atoms with Gasteiger partial charge in [0.15, 0.2) is 0 Å². The monoisotopic (exact) mass is 317 g/mol. The number of fused-ring (bicyclic) bond motifs is 1. The Morgan fingerprint density at radius 2 is 2.13 bits per heavy atom. The summed E-state index contributed by atoms with van der Waals surface area (Å²) in [6.07, 6.45) is 3.53. The summed E-state index contributed by atoms with van der Waals surface area (Å²) < 4.78 is 0.991. The van der Waals surface area contributed by atoms with E-state index in [1.54, 1.807) is 0 Å². The first-order valence-electron chi connectivity index (χ1n) is 5.26. The summed E-state index contributed by atoms with van der Waals surface area (Å²) in [5.41, 5.74) is 3.97. The maximum atomic E-state index is 10.1. The molecular formula is C12H16INO. The standard InChI is InChI=1S/C12H16INO/c1-14(2)7-10-9-5-3-4-8(9)6-11(13)12(10)15/h6,15H,3-5,7H2,1-2H3. The molecule has 0 spiro atoms. The zero-order valence-electron chi connectivity index (χ0n) is 9.18. The lowest BCUT2D eigenvalue weighted by Gasteiger charge is -2.16. The Hall–Kier alpha value is -0.290. The number of aromatic hydroxyl groups is 1. The highest BCUT2D eigenvalue weighted by Gasteiger charge is 2.20. The maximum absolute atomic E-state index is 10.1. The number of hydrogen-bond acceptors (Lipinski definition) is 2. The van der Waals surface area contributed by atoms with Crippen LogP contribution in [0.15, 0.2) is 6.07 Å². The van der Waals surface area contributed by atoms with E-state index in [-0.39, 0.29) is 0 Å². The molecule has 0 saturated carbocycles. The van der Waals surface area contributed by atoms with Crippen LogP contribution in [0.5, 0.6) is 5.75 Å². The summed E-state index contributed by atoms with van der Waals surface area (Å²) in [5.74, 6) is 0.491. The van der Waals surface area contributed by atoms with Crippen LogP contribution in [0.1, 0.15) is 23.1 Å². The van der Waals surface area contributed by atoms with Gasteiger partial charge in [0, 0.05) is 12.1 Å². The molecule has 0 heterocycles. The molecule has 0 aromatic heterocycles. The fourth-order valence-corrected chi connectivity index (χ4v) is 2.97. The molecule has 1 aromatic carbocycles. The summed E-state index contributed by atoms with van der Waals surface area (Å²) >= 11 is 2.22. The van der Waals surface area contributed by atoms with E-state index in [1.165, 1.54) is 24.0 Å². The Morgan fingerprint density at radius 1 is 1.40 bits per heavy atom. The number of benzene rings is 1. The fraction of sp³-hybridized carbons (Fsp3) is 0.500. The predicted octanol–water partition coefficient (Wildman–Crippen LogP) is 2.55. The van der Waals surface area contributed by atoms with Crippen molar-refractivity contribution in [2.24, 2.45) is 0 Å². The first-order valence-corrected chi connectivity index (χ1v) is 6.34. The van der Waals surface area contributed by atoms with E-state index in [0.717, 1.165) is 22.1 Å². The van der Waals surface area contributed by atoms with Crippen LogP contribution in [0.2, 0.25) is 0 Å². The number of nitrogens with zero attached hydrogens (tertiary/aromatic N) is 1. The van der Waals surface area contributed by atoms with Crippen molar-refractivity contribution >= 4 is 22.6 Å². The Kier molecular flexibility index (Phi) is 3.21. The number of phenols is 1. The summed E-state index contributed by atoms with van der Waals surface area (Å²) in [5, 5.41) is 10.1. The Bertz CT molecular complexity index is 388. The number of phenolic OH excluding ortho intramolecular Hbond substituents is 1. The fourth-order valence-electron chi connectivity index (χ4n) is 2.27. The van der Waals surface area contributed by atoms with Gasteiger partial charge in [0.05, 0.1) is 3.57 Å². The molecule has 1 aliphatic rings. The highest BCUT2D eigenvalue weighted by molar-refractivity contribution is 14.1. The third-order valence-electron chi connectivity index (χ3n) is 2.91. The molecule has 0 aliphatic heterocycles. The summed E-state index contributed by atoms with van der Waals surface area (Å²) in [6, 6.07) is 2.14. The van der Waals surface area contributed by atoms with Crippen molar-refractivity contribution in [3.05, 3.63) is 26.3 Å². The van der Waals surface area contributed by atoms with E-state index < -0.39 is 0 Å². The lowest BCUT2D eigenvalue weighted by molar-refractivity contribution is 0.383. The van der Waals surface area contributed by atoms with E-state index in [1.807, 2.05) is 14.1 Å². The maximum Gasteiger partial charge on any atom is 0.133 e. The van der Waals surface area contributed by atoms with Gasteiger partial charge in [-0.2, -0.15) is 0 Å². The van der Waals surface area contributed by atoms with Crippen LogP contribution in [0, 0.1) is 3.57 Å². The van der Waals surface area contributed by atoms with Gasteiger partial charge in [-0.3, -0.25) is 0 Å². The van der Waals surface area contributed by atoms with Crippen LogP contribution in [0.3, 0.4) is 0 Å². The van der Waals surface area contributed by atoms with Gasteiger partial charge >= 0.3 is 0 Å². The third-order valence-corrected chi connectivity index (χ3v) is 3.73. The van der Waals surface area contributed by atoms with E-state index in [0.29, 0.717) is 5.75 Å². The molecule has 0 radical (unpaired) electrons. The molecule has 1 aliphatic carbocycles. The first kappa shape index (κ1) is 11.2. The molecule has 1 N–H and O–H groups in total. The van der Waals surface area contributed by atoms with Crippen molar-refractivity contribution in [2.75, 3.05) is 14.1 Å². The Balaban J connectivity index is 2.50. The van der Waals surface area contributed by atoms with Gasteiger partial charge in [-0.15, -0.1) is 0 Å². The Morgan fingerprint density at radius 3 is 2.80 bits per heavy atom. The molecule has 0 bridgehead atoms. The molecule has 2 rings (SSSR count). The Labute approximate surface area is 104 Å². The number of halogens is 1. The molecule has 0 fully saturated rings. The summed E-state index contributed by atoms with van der Waals surface area (Å²) in [7, 11) is 4.08.